The third-order valence-electron chi connectivity index (χ3n) is 3.92. The normalized spacial score (nSPS) is 22.9. The van der Waals surface area contributed by atoms with Gasteiger partial charge in [-0.25, -0.2) is 4.79 Å². The molecule has 110 valence electrons. The van der Waals surface area contributed by atoms with Crippen LogP contribution in [0.15, 0.2) is 0 Å². The third kappa shape index (κ3) is 4.73. The first-order valence-corrected chi connectivity index (χ1v) is 7.19. The minimum absolute atomic E-state index is 0.149. The van der Waals surface area contributed by atoms with Crippen molar-refractivity contribution in [2.45, 2.75) is 52.0 Å². The molecule has 0 spiro atoms. The molecule has 2 amide bonds. The van der Waals surface area contributed by atoms with Gasteiger partial charge in [-0.2, -0.15) is 0 Å². The standard InChI is InChI=1S/C14H26N2O3/c1-4-9-16(10-13(17)18)14(19)15(3)12-7-5-11(2)6-8-12/h11-12H,4-10H2,1-3H3,(H,17,18). The van der Waals surface area contributed by atoms with E-state index < -0.39 is 5.97 Å². The molecular formula is C14H26N2O3. The maximum absolute atomic E-state index is 12.3. The van der Waals surface area contributed by atoms with Crippen LogP contribution < -0.4 is 0 Å². The molecule has 0 aromatic heterocycles. The van der Waals surface area contributed by atoms with E-state index in [-0.39, 0.29) is 18.6 Å². The second-order valence-electron chi connectivity index (χ2n) is 5.62. The van der Waals surface area contributed by atoms with Crippen LogP contribution >= 0.6 is 0 Å². The molecule has 0 aromatic carbocycles. The average molecular weight is 270 g/mol. The largest absolute Gasteiger partial charge is 0.480 e. The van der Waals surface area contributed by atoms with Crippen molar-refractivity contribution >= 4 is 12.0 Å². The summed E-state index contributed by atoms with van der Waals surface area (Å²) in [7, 11) is 1.80. The van der Waals surface area contributed by atoms with E-state index in [2.05, 4.69) is 6.92 Å². The quantitative estimate of drug-likeness (QED) is 0.834. The number of amides is 2. The van der Waals surface area contributed by atoms with Crippen molar-refractivity contribution in [1.29, 1.82) is 0 Å². The molecule has 1 rings (SSSR count). The molecule has 0 bridgehead atoms. The Labute approximate surface area is 115 Å². The van der Waals surface area contributed by atoms with E-state index in [1.54, 1.807) is 11.9 Å². The van der Waals surface area contributed by atoms with Gasteiger partial charge in [0.15, 0.2) is 0 Å². The number of hydrogen-bond acceptors (Lipinski definition) is 2. The Hall–Kier alpha value is -1.26. The zero-order valence-electron chi connectivity index (χ0n) is 12.3. The first kappa shape index (κ1) is 15.8. The van der Waals surface area contributed by atoms with Gasteiger partial charge in [-0.15, -0.1) is 0 Å². The second kappa shape index (κ2) is 7.36. The lowest BCUT2D eigenvalue weighted by molar-refractivity contribution is -0.137. The predicted octanol–water partition coefficient (Wildman–Crippen LogP) is 2.41. The second-order valence-corrected chi connectivity index (χ2v) is 5.62. The summed E-state index contributed by atoms with van der Waals surface area (Å²) in [5.74, 6) is -0.210. The Balaban J connectivity index is 2.59. The topological polar surface area (TPSA) is 60.9 Å². The van der Waals surface area contributed by atoms with E-state index in [9.17, 15) is 9.59 Å². The number of carboxylic acids is 1. The van der Waals surface area contributed by atoms with E-state index in [0.29, 0.717) is 6.54 Å². The molecule has 0 radical (unpaired) electrons. The third-order valence-corrected chi connectivity index (χ3v) is 3.92. The maximum Gasteiger partial charge on any atom is 0.323 e. The van der Waals surface area contributed by atoms with Gasteiger partial charge in [0, 0.05) is 19.6 Å². The minimum atomic E-state index is -0.951. The number of carbonyl (C=O) groups excluding carboxylic acids is 1. The summed E-state index contributed by atoms with van der Waals surface area (Å²) < 4.78 is 0. The van der Waals surface area contributed by atoms with Crippen LogP contribution in [0.2, 0.25) is 0 Å². The highest BCUT2D eigenvalue weighted by atomic mass is 16.4. The van der Waals surface area contributed by atoms with Crippen molar-refractivity contribution in [3.8, 4) is 0 Å². The van der Waals surface area contributed by atoms with Crippen molar-refractivity contribution in [2.24, 2.45) is 5.92 Å². The summed E-state index contributed by atoms with van der Waals surface area (Å²) in [4.78, 5) is 26.3. The molecular weight excluding hydrogens is 244 g/mol. The lowest BCUT2D eigenvalue weighted by atomic mass is 9.87. The summed E-state index contributed by atoms with van der Waals surface area (Å²) in [6.07, 6.45) is 5.12. The molecule has 0 saturated heterocycles. The Morgan fingerprint density at radius 1 is 1.21 bits per heavy atom. The van der Waals surface area contributed by atoms with Gasteiger partial charge in [0.2, 0.25) is 0 Å². The fraction of sp³-hybridized carbons (Fsp3) is 0.857. The van der Waals surface area contributed by atoms with E-state index in [1.807, 2.05) is 6.92 Å². The molecule has 19 heavy (non-hydrogen) atoms. The Morgan fingerprint density at radius 3 is 2.26 bits per heavy atom. The van der Waals surface area contributed by atoms with Crippen molar-refractivity contribution in [2.75, 3.05) is 20.1 Å². The Morgan fingerprint density at radius 2 is 1.79 bits per heavy atom. The lowest BCUT2D eigenvalue weighted by Gasteiger charge is -2.36. The van der Waals surface area contributed by atoms with Crippen LogP contribution in [0.3, 0.4) is 0 Å². The van der Waals surface area contributed by atoms with E-state index in [4.69, 9.17) is 5.11 Å². The molecule has 1 fully saturated rings. The molecule has 1 N–H and O–H groups in total. The van der Waals surface area contributed by atoms with E-state index in [0.717, 1.165) is 38.0 Å². The van der Waals surface area contributed by atoms with Crippen LogP contribution in [0.4, 0.5) is 4.79 Å². The molecule has 1 aliphatic rings. The number of carboxylic acid groups (broad SMARTS) is 1. The van der Waals surface area contributed by atoms with Gasteiger partial charge in [0.25, 0.3) is 0 Å². The van der Waals surface area contributed by atoms with Crippen LogP contribution in [0, 0.1) is 5.92 Å². The molecule has 0 aliphatic heterocycles. The average Bonchev–Trinajstić information content (AvgIpc) is 2.37. The van der Waals surface area contributed by atoms with Crippen LogP contribution in [0.25, 0.3) is 0 Å². The monoisotopic (exact) mass is 270 g/mol. The van der Waals surface area contributed by atoms with Crippen LogP contribution in [-0.2, 0) is 4.79 Å². The Bertz CT molecular complexity index is 312. The van der Waals surface area contributed by atoms with Gasteiger partial charge in [-0.3, -0.25) is 4.79 Å². The predicted molar refractivity (Wildman–Crippen MR) is 74.1 cm³/mol. The van der Waals surface area contributed by atoms with Crippen molar-refractivity contribution in [3.05, 3.63) is 0 Å². The highest BCUT2D eigenvalue weighted by molar-refractivity contribution is 5.80. The zero-order chi connectivity index (χ0) is 14.4. The smallest absolute Gasteiger partial charge is 0.323 e. The van der Waals surface area contributed by atoms with Crippen molar-refractivity contribution < 1.29 is 14.7 Å². The maximum atomic E-state index is 12.3. The number of carbonyl (C=O) groups is 2. The number of hydrogen-bond donors (Lipinski definition) is 1. The van der Waals surface area contributed by atoms with E-state index in [1.165, 1.54) is 4.90 Å². The first-order valence-electron chi connectivity index (χ1n) is 7.19. The fourth-order valence-corrected chi connectivity index (χ4v) is 2.68. The highest BCUT2D eigenvalue weighted by Gasteiger charge is 2.28. The highest BCUT2D eigenvalue weighted by Crippen LogP contribution is 2.26. The van der Waals surface area contributed by atoms with Gasteiger partial charge in [-0.05, 0) is 38.0 Å². The van der Waals surface area contributed by atoms with Crippen LogP contribution in [0.1, 0.15) is 46.0 Å². The molecule has 1 aliphatic carbocycles. The number of aliphatic carboxylic acids is 1. The van der Waals surface area contributed by atoms with E-state index >= 15 is 0 Å². The lowest BCUT2D eigenvalue weighted by Crippen LogP contribution is -2.48. The van der Waals surface area contributed by atoms with Crippen molar-refractivity contribution in [1.82, 2.24) is 9.80 Å². The zero-order valence-corrected chi connectivity index (χ0v) is 12.3. The van der Waals surface area contributed by atoms with Gasteiger partial charge < -0.3 is 14.9 Å². The summed E-state index contributed by atoms with van der Waals surface area (Å²) in [5.41, 5.74) is 0. The fourth-order valence-electron chi connectivity index (χ4n) is 2.68. The van der Waals surface area contributed by atoms with Gasteiger partial charge >= 0.3 is 12.0 Å². The van der Waals surface area contributed by atoms with Gasteiger partial charge in [0.05, 0.1) is 0 Å². The summed E-state index contributed by atoms with van der Waals surface area (Å²) >= 11 is 0. The minimum Gasteiger partial charge on any atom is -0.480 e. The number of nitrogens with zero attached hydrogens (tertiary/aromatic N) is 2. The molecule has 0 unspecified atom stereocenters. The molecule has 0 atom stereocenters. The first-order chi connectivity index (χ1) is 8.95. The van der Waals surface area contributed by atoms with Gasteiger partial charge in [-0.1, -0.05) is 13.8 Å². The van der Waals surface area contributed by atoms with Gasteiger partial charge in [0.1, 0.15) is 6.54 Å². The SMILES string of the molecule is CCCN(CC(=O)O)C(=O)N(C)C1CCC(C)CC1. The number of urea groups is 1. The van der Waals surface area contributed by atoms with Crippen LogP contribution in [-0.4, -0.2) is 53.1 Å². The summed E-state index contributed by atoms with van der Waals surface area (Å²) in [6, 6.07) is 0.112. The molecule has 5 heteroatoms. The van der Waals surface area contributed by atoms with Crippen molar-refractivity contribution in [3.63, 3.8) is 0 Å². The number of rotatable bonds is 5. The van der Waals surface area contributed by atoms with Crippen LogP contribution in [0.5, 0.6) is 0 Å². The molecule has 5 nitrogen and oxygen atoms in total. The molecule has 1 saturated carbocycles. The summed E-state index contributed by atoms with van der Waals surface area (Å²) in [5, 5.41) is 8.87. The molecule has 0 aromatic rings. The molecule has 0 heterocycles. The Kier molecular flexibility index (Phi) is 6.12. The summed E-state index contributed by atoms with van der Waals surface area (Å²) in [6.45, 7) is 4.48.